The number of fused-ring (bicyclic) bond motifs is 14. The summed E-state index contributed by atoms with van der Waals surface area (Å²) in [6.07, 6.45) is 0. The first-order chi connectivity index (χ1) is 26.7. The highest BCUT2D eigenvalue weighted by atomic mass is 31.1. The highest BCUT2D eigenvalue weighted by Crippen LogP contribution is 2.44. The van der Waals surface area contributed by atoms with Gasteiger partial charge in [0.2, 0.25) is 8.67 Å². The van der Waals surface area contributed by atoms with Crippen molar-refractivity contribution in [2.24, 2.45) is 0 Å². The Bertz CT molecular complexity index is 3150. The average molecular weight is 746 g/mol. The van der Waals surface area contributed by atoms with Gasteiger partial charge in [0.15, 0.2) is 0 Å². The van der Waals surface area contributed by atoms with Crippen molar-refractivity contribution in [2.75, 3.05) is 17.8 Å². The second kappa shape index (κ2) is 13.7. The van der Waals surface area contributed by atoms with Gasteiger partial charge in [0, 0.05) is 45.8 Å². The first-order valence-electron chi connectivity index (χ1n) is 18.4. The quantitative estimate of drug-likeness (QED) is 0.162. The zero-order chi connectivity index (χ0) is 36.2. The first kappa shape index (κ1) is 33.1. The Morgan fingerprint density at radius 1 is 0.500 bits per heavy atom. The van der Waals surface area contributed by atoms with E-state index in [4.69, 9.17) is 21.5 Å². The molecule has 8 aromatic carbocycles. The van der Waals surface area contributed by atoms with Crippen LogP contribution in [0, 0.1) is 0 Å². The van der Waals surface area contributed by atoms with Gasteiger partial charge in [-0.1, -0.05) is 123 Å². The fourth-order valence-electron chi connectivity index (χ4n) is 8.01. The van der Waals surface area contributed by atoms with Crippen LogP contribution in [-0.4, -0.2) is 13.1 Å². The van der Waals surface area contributed by atoms with Crippen molar-refractivity contribution in [2.45, 2.75) is 27.1 Å². The normalized spacial score (nSPS) is 12.5. The van der Waals surface area contributed by atoms with E-state index in [0.29, 0.717) is 13.2 Å². The Labute approximate surface area is 313 Å². The summed E-state index contributed by atoms with van der Waals surface area (Å²) >= 11 is 0. The third-order valence-electron chi connectivity index (χ3n) is 10.6. The SMILES string of the molecule is CCN(CC)p1oc2ccc3ccccc3c2c2c(o1)c(COCc1cc3ccccc3c3c1o[pH]oc1ccc4ccccc4c13)cc1ccccc12. The van der Waals surface area contributed by atoms with E-state index in [1.54, 1.807) is 0 Å². The molecule has 0 bridgehead atoms. The van der Waals surface area contributed by atoms with Crippen LogP contribution in [0.25, 0.3) is 87.0 Å². The lowest BCUT2D eigenvalue weighted by atomic mass is 9.96. The van der Waals surface area contributed by atoms with Crippen molar-refractivity contribution in [3.63, 3.8) is 0 Å². The second-order valence-corrected chi connectivity index (χ2v) is 15.6. The Kier molecular flexibility index (Phi) is 8.42. The molecule has 2 atom stereocenters. The third kappa shape index (κ3) is 5.49. The van der Waals surface area contributed by atoms with Crippen molar-refractivity contribution in [1.29, 1.82) is 0 Å². The summed E-state index contributed by atoms with van der Waals surface area (Å²) in [6, 6.07) is 46.9. The van der Waals surface area contributed by atoms with Crippen LogP contribution in [0.4, 0.5) is 0 Å². The summed E-state index contributed by atoms with van der Waals surface area (Å²) < 4.78 is 35.7. The molecule has 6 nitrogen and oxygen atoms in total. The molecule has 266 valence electrons. The zero-order valence-corrected chi connectivity index (χ0v) is 31.9. The summed E-state index contributed by atoms with van der Waals surface area (Å²) in [7, 11) is -1.63. The molecule has 0 amide bonds. The van der Waals surface area contributed by atoms with Crippen LogP contribution in [0.1, 0.15) is 25.0 Å². The number of rotatable bonds is 7. The van der Waals surface area contributed by atoms with Gasteiger partial charge < -0.3 is 21.5 Å². The Balaban J connectivity index is 1.19. The molecule has 10 rings (SSSR count). The standard InChI is InChI=1S/C46H37NO5P2/c1-3-47(4-2)54-51-40-24-22-30-14-6-10-18-36(30)42(40)44-38-20-12-8-16-32(38)26-34(46(44)52-54)28-48-27-33-25-31-15-7-11-19-37(31)43-41-35-17-9-5-13-29(35)21-23-39(41)49-53-50-45(33)43/h5-26,53H,3-4,27-28H2,1-2H3. The van der Waals surface area contributed by atoms with Gasteiger partial charge in [-0.05, 0) is 67.4 Å². The molecule has 8 heteroatoms. The van der Waals surface area contributed by atoms with Gasteiger partial charge in [0.25, 0.3) is 0 Å². The maximum atomic E-state index is 7.07. The van der Waals surface area contributed by atoms with Gasteiger partial charge in [-0.2, -0.15) is 0 Å². The highest BCUT2D eigenvalue weighted by Gasteiger charge is 2.20. The number of benzene rings is 8. The molecule has 0 radical (unpaired) electrons. The van der Waals surface area contributed by atoms with Crippen LogP contribution in [0.5, 0.6) is 0 Å². The molecule has 0 spiro atoms. The lowest BCUT2D eigenvalue weighted by Gasteiger charge is -2.14. The molecule has 54 heavy (non-hydrogen) atoms. The summed E-state index contributed by atoms with van der Waals surface area (Å²) in [5, 5.41) is 13.2. The van der Waals surface area contributed by atoms with Crippen LogP contribution >= 0.6 is 16.8 Å². The molecule has 0 aliphatic rings. The van der Waals surface area contributed by atoms with Gasteiger partial charge in [-0.3, -0.25) is 0 Å². The predicted molar refractivity (Wildman–Crippen MR) is 227 cm³/mol. The Morgan fingerprint density at radius 3 is 1.57 bits per heavy atom. The van der Waals surface area contributed by atoms with Gasteiger partial charge in [0.05, 0.1) is 13.2 Å². The topological polar surface area (TPSA) is 65.0 Å². The number of nitrogens with zero attached hydrogens (tertiary/aromatic N) is 1. The van der Waals surface area contributed by atoms with Gasteiger partial charge in [-0.25, -0.2) is 4.67 Å². The Morgan fingerprint density at radius 2 is 0.981 bits per heavy atom. The average Bonchev–Trinajstić information content (AvgIpc) is 3.53. The van der Waals surface area contributed by atoms with E-state index in [-0.39, 0.29) is 8.67 Å². The maximum Gasteiger partial charge on any atom is 0.309 e. The fourth-order valence-corrected chi connectivity index (χ4v) is 10.0. The maximum absolute atomic E-state index is 7.07. The van der Waals surface area contributed by atoms with Crippen LogP contribution in [0.2, 0.25) is 0 Å². The van der Waals surface area contributed by atoms with E-state index in [2.05, 4.69) is 152 Å². The molecule has 0 aliphatic heterocycles. The summed E-state index contributed by atoms with van der Waals surface area (Å²) in [5.74, 6) is 0. The fraction of sp³-hybridized carbons (Fsp3) is 0.130. The van der Waals surface area contributed by atoms with E-state index in [9.17, 15) is 0 Å². The number of hydrogen-bond donors (Lipinski definition) is 0. The van der Waals surface area contributed by atoms with E-state index in [1.165, 1.54) is 0 Å². The molecule has 2 heterocycles. The third-order valence-corrected chi connectivity index (χ3v) is 12.9. The minimum absolute atomic E-state index is 0.186. The monoisotopic (exact) mass is 745 g/mol. The van der Waals surface area contributed by atoms with Gasteiger partial charge in [0.1, 0.15) is 22.3 Å². The highest BCUT2D eigenvalue weighted by molar-refractivity contribution is 7.39. The predicted octanol–water partition coefficient (Wildman–Crippen LogP) is 14.2. The molecular formula is C46H37NO5P2. The molecule has 0 saturated heterocycles. The molecule has 0 N–H and O–H groups in total. The number of hydrogen-bond acceptors (Lipinski definition) is 6. The van der Waals surface area contributed by atoms with Crippen LogP contribution in [0.3, 0.4) is 0 Å². The Hall–Kier alpha value is -5.48. The molecular weight excluding hydrogens is 708 g/mol. The van der Waals surface area contributed by atoms with E-state index in [1.807, 2.05) is 0 Å². The van der Waals surface area contributed by atoms with Crippen molar-refractivity contribution in [1.82, 2.24) is 0 Å². The summed E-state index contributed by atoms with van der Waals surface area (Å²) in [4.78, 5) is 0. The van der Waals surface area contributed by atoms with Crippen molar-refractivity contribution >= 4 is 104 Å². The minimum Gasteiger partial charge on any atom is -0.421 e. The summed E-state index contributed by atoms with van der Waals surface area (Å²) in [5.41, 5.74) is 5.21. The van der Waals surface area contributed by atoms with Gasteiger partial charge in [-0.15, -0.1) is 0 Å². The molecule has 0 aliphatic carbocycles. The van der Waals surface area contributed by atoms with Crippen LogP contribution in [-0.2, 0) is 18.0 Å². The van der Waals surface area contributed by atoms with Crippen LogP contribution < -0.4 is 4.67 Å². The molecule has 0 fully saturated rings. The first-order valence-corrected chi connectivity index (χ1v) is 20.4. The van der Waals surface area contributed by atoms with Crippen molar-refractivity contribution < 1.29 is 21.5 Å². The van der Waals surface area contributed by atoms with Crippen molar-refractivity contribution in [3.8, 4) is 0 Å². The molecule has 2 aromatic heterocycles. The molecule has 2 unspecified atom stereocenters. The summed E-state index contributed by atoms with van der Waals surface area (Å²) in [6.45, 7) is 6.56. The zero-order valence-electron chi connectivity index (χ0n) is 30.0. The second-order valence-electron chi connectivity index (χ2n) is 13.6. The lowest BCUT2D eigenvalue weighted by molar-refractivity contribution is 0.108. The molecule has 10 aromatic rings. The van der Waals surface area contributed by atoms with E-state index < -0.39 is 8.16 Å². The van der Waals surface area contributed by atoms with Crippen molar-refractivity contribution in [3.05, 3.63) is 145 Å². The van der Waals surface area contributed by atoms with E-state index in [0.717, 1.165) is 111 Å². The number of ether oxygens (including phenoxy) is 1. The largest absolute Gasteiger partial charge is 0.421 e. The minimum atomic E-state index is -1.45. The molecule has 0 saturated carbocycles. The van der Waals surface area contributed by atoms with E-state index >= 15 is 0 Å². The smallest absolute Gasteiger partial charge is 0.309 e. The lowest BCUT2D eigenvalue weighted by Crippen LogP contribution is -2.17. The van der Waals surface area contributed by atoms with Crippen LogP contribution in [0.15, 0.2) is 150 Å². The van der Waals surface area contributed by atoms with Gasteiger partial charge >= 0.3 is 8.16 Å².